The summed E-state index contributed by atoms with van der Waals surface area (Å²) in [5.74, 6) is -1.65. The summed E-state index contributed by atoms with van der Waals surface area (Å²) in [4.78, 5) is 10.6. The van der Waals surface area contributed by atoms with Crippen LogP contribution in [0.5, 0.6) is 0 Å². The number of hydrogen-bond acceptors (Lipinski definition) is 2. The van der Waals surface area contributed by atoms with Gasteiger partial charge in [-0.25, -0.2) is 8.78 Å². The van der Waals surface area contributed by atoms with E-state index in [4.69, 9.17) is 5.11 Å². The molecule has 0 spiro atoms. The van der Waals surface area contributed by atoms with Crippen molar-refractivity contribution in [3.63, 3.8) is 0 Å². The minimum absolute atomic E-state index is 0.0759. The molecule has 1 atom stereocenters. The zero-order valence-electron chi connectivity index (χ0n) is 8.75. The molecular formula is C9H11BrF2N2O2. The highest BCUT2D eigenvalue weighted by molar-refractivity contribution is 9.10. The first-order valence-corrected chi connectivity index (χ1v) is 5.37. The van der Waals surface area contributed by atoms with Crippen LogP contribution in [0.2, 0.25) is 0 Å². The second-order valence-electron chi connectivity index (χ2n) is 3.51. The second-order valence-corrected chi connectivity index (χ2v) is 4.30. The Morgan fingerprint density at radius 1 is 1.62 bits per heavy atom. The van der Waals surface area contributed by atoms with E-state index in [0.717, 1.165) is 0 Å². The van der Waals surface area contributed by atoms with E-state index in [1.165, 1.54) is 11.6 Å². The maximum absolute atomic E-state index is 12.5. The predicted molar refractivity (Wildman–Crippen MR) is 56.4 cm³/mol. The van der Waals surface area contributed by atoms with Gasteiger partial charge in [-0.05, 0) is 22.9 Å². The Labute approximate surface area is 99.4 Å². The van der Waals surface area contributed by atoms with Gasteiger partial charge in [-0.2, -0.15) is 5.10 Å². The largest absolute Gasteiger partial charge is 0.481 e. The first-order valence-electron chi connectivity index (χ1n) is 4.58. The summed E-state index contributed by atoms with van der Waals surface area (Å²) >= 11 is 3.02. The molecule has 7 heteroatoms. The third-order valence-corrected chi connectivity index (χ3v) is 3.21. The van der Waals surface area contributed by atoms with Gasteiger partial charge in [0, 0.05) is 0 Å². The lowest BCUT2D eigenvalue weighted by Gasteiger charge is -2.07. The van der Waals surface area contributed by atoms with Gasteiger partial charge in [-0.15, -0.1) is 0 Å². The molecule has 16 heavy (non-hydrogen) atoms. The number of carbonyl (C=O) groups is 1. The molecule has 0 bridgehead atoms. The van der Waals surface area contributed by atoms with E-state index in [0.29, 0.717) is 5.69 Å². The van der Waals surface area contributed by atoms with E-state index >= 15 is 0 Å². The fourth-order valence-electron chi connectivity index (χ4n) is 1.20. The fourth-order valence-corrected chi connectivity index (χ4v) is 1.66. The fraction of sp³-hybridized carbons (Fsp3) is 0.556. The van der Waals surface area contributed by atoms with Crippen molar-refractivity contribution in [3.8, 4) is 0 Å². The molecule has 0 radical (unpaired) electrons. The summed E-state index contributed by atoms with van der Waals surface area (Å²) in [7, 11) is 0. The van der Waals surface area contributed by atoms with Crippen LogP contribution in [0.25, 0.3) is 0 Å². The van der Waals surface area contributed by atoms with Crippen molar-refractivity contribution in [2.45, 2.75) is 26.8 Å². The molecule has 1 rings (SSSR count). The average Bonchev–Trinajstić information content (AvgIpc) is 2.46. The maximum atomic E-state index is 12.5. The molecule has 4 nitrogen and oxygen atoms in total. The second kappa shape index (κ2) is 4.90. The van der Waals surface area contributed by atoms with E-state index in [9.17, 15) is 13.6 Å². The molecular weight excluding hydrogens is 286 g/mol. The van der Waals surface area contributed by atoms with E-state index in [1.807, 2.05) is 0 Å². The van der Waals surface area contributed by atoms with Gasteiger partial charge < -0.3 is 5.11 Å². The lowest BCUT2D eigenvalue weighted by Crippen LogP contribution is -2.18. The normalized spacial score (nSPS) is 13.1. The molecule has 0 amide bonds. The molecule has 1 aromatic rings. The third kappa shape index (κ3) is 2.58. The van der Waals surface area contributed by atoms with Crippen molar-refractivity contribution in [2.24, 2.45) is 5.92 Å². The zero-order chi connectivity index (χ0) is 12.5. The van der Waals surface area contributed by atoms with E-state index in [1.54, 1.807) is 6.92 Å². The quantitative estimate of drug-likeness (QED) is 0.929. The van der Waals surface area contributed by atoms with Gasteiger partial charge in [-0.3, -0.25) is 9.48 Å². The number of alkyl halides is 2. The van der Waals surface area contributed by atoms with Gasteiger partial charge in [0.05, 0.1) is 22.6 Å². The van der Waals surface area contributed by atoms with Crippen LogP contribution in [0, 0.1) is 12.8 Å². The average molecular weight is 297 g/mol. The predicted octanol–water partition coefficient (Wildman–Crippen LogP) is 2.61. The van der Waals surface area contributed by atoms with Gasteiger partial charge >= 0.3 is 5.97 Å². The highest BCUT2D eigenvalue weighted by atomic mass is 79.9. The first kappa shape index (κ1) is 13.1. The first-order chi connectivity index (χ1) is 7.34. The molecule has 1 aromatic heterocycles. The van der Waals surface area contributed by atoms with Gasteiger partial charge in [0.1, 0.15) is 5.69 Å². The minimum atomic E-state index is -2.67. The molecule has 0 fully saturated rings. The Hall–Kier alpha value is -0.980. The van der Waals surface area contributed by atoms with Crippen LogP contribution in [-0.2, 0) is 11.3 Å². The zero-order valence-corrected chi connectivity index (χ0v) is 10.3. The Bertz CT molecular complexity index is 406. The standard InChI is InChI=1S/C9H11BrF2N2O2/c1-4(9(15)16)3-14-5(2)6(10)7(13-14)8(11)12/h4,8H,3H2,1-2H3,(H,15,16)/t4-/m1/s1. The summed E-state index contributed by atoms with van der Waals surface area (Å²) in [6.45, 7) is 3.18. The van der Waals surface area contributed by atoms with Crippen molar-refractivity contribution in [1.82, 2.24) is 9.78 Å². The molecule has 0 aliphatic rings. The number of rotatable bonds is 4. The molecule has 0 aliphatic carbocycles. The van der Waals surface area contributed by atoms with Crippen LogP contribution >= 0.6 is 15.9 Å². The van der Waals surface area contributed by atoms with E-state index in [2.05, 4.69) is 21.0 Å². The molecule has 90 valence electrons. The molecule has 0 saturated heterocycles. The van der Waals surface area contributed by atoms with Gasteiger partial charge in [0.2, 0.25) is 0 Å². The van der Waals surface area contributed by atoms with Crippen molar-refractivity contribution >= 4 is 21.9 Å². The van der Waals surface area contributed by atoms with Crippen LogP contribution in [-0.4, -0.2) is 20.9 Å². The Morgan fingerprint density at radius 2 is 2.19 bits per heavy atom. The number of nitrogens with zero attached hydrogens (tertiary/aromatic N) is 2. The van der Waals surface area contributed by atoms with Gasteiger partial charge in [0.15, 0.2) is 0 Å². The molecule has 0 aromatic carbocycles. The van der Waals surface area contributed by atoms with E-state index in [-0.39, 0.29) is 16.7 Å². The van der Waals surface area contributed by atoms with E-state index < -0.39 is 18.3 Å². The molecule has 1 N–H and O–H groups in total. The number of hydrogen-bond donors (Lipinski definition) is 1. The molecule has 0 aliphatic heterocycles. The van der Waals surface area contributed by atoms with Crippen LogP contribution in [0.1, 0.15) is 24.7 Å². The Kier molecular flexibility index (Phi) is 4.01. The van der Waals surface area contributed by atoms with Crippen LogP contribution in [0.3, 0.4) is 0 Å². The van der Waals surface area contributed by atoms with Crippen LogP contribution < -0.4 is 0 Å². The number of carboxylic acids is 1. The maximum Gasteiger partial charge on any atom is 0.308 e. The van der Waals surface area contributed by atoms with Crippen molar-refractivity contribution in [1.29, 1.82) is 0 Å². The summed E-state index contributed by atoms with van der Waals surface area (Å²) < 4.78 is 26.5. The molecule has 0 unspecified atom stereocenters. The van der Waals surface area contributed by atoms with Crippen molar-refractivity contribution in [2.75, 3.05) is 0 Å². The summed E-state index contributed by atoms with van der Waals surface area (Å²) in [5, 5.41) is 12.4. The number of halogens is 3. The van der Waals surface area contributed by atoms with Crippen molar-refractivity contribution in [3.05, 3.63) is 15.9 Å². The molecule has 1 heterocycles. The minimum Gasteiger partial charge on any atom is -0.481 e. The topological polar surface area (TPSA) is 55.1 Å². The molecule has 0 saturated carbocycles. The van der Waals surface area contributed by atoms with Gasteiger partial charge in [0.25, 0.3) is 6.43 Å². The highest BCUT2D eigenvalue weighted by Crippen LogP contribution is 2.29. The number of aromatic nitrogens is 2. The highest BCUT2D eigenvalue weighted by Gasteiger charge is 2.22. The Balaban J connectivity index is 2.98. The summed E-state index contributed by atoms with van der Waals surface area (Å²) in [6, 6.07) is 0. The Morgan fingerprint density at radius 3 is 2.56 bits per heavy atom. The summed E-state index contributed by atoms with van der Waals surface area (Å²) in [6.07, 6.45) is -2.67. The third-order valence-electron chi connectivity index (χ3n) is 2.23. The SMILES string of the molecule is Cc1c(Br)c(C(F)F)nn1C[C@@H](C)C(=O)O. The number of aliphatic carboxylic acids is 1. The van der Waals surface area contributed by atoms with Crippen LogP contribution in [0.15, 0.2) is 4.47 Å². The monoisotopic (exact) mass is 296 g/mol. The lowest BCUT2D eigenvalue weighted by molar-refractivity contribution is -0.141. The summed E-state index contributed by atoms with van der Waals surface area (Å²) in [5.41, 5.74) is 0.151. The van der Waals surface area contributed by atoms with Crippen LogP contribution in [0.4, 0.5) is 8.78 Å². The smallest absolute Gasteiger partial charge is 0.308 e. The van der Waals surface area contributed by atoms with Gasteiger partial charge in [-0.1, -0.05) is 6.92 Å². The lowest BCUT2D eigenvalue weighted by atomic mass is 10.2. The van der Waals surface area contributed by atoms with Crippen molar-refractivity contribution < 1.29 is 18.7 Å². The number of carboxylic acid groups (broad SMARTS) is 1.